The van der Waals surface area contributed by atoms with Crippen molar-refractivity contribution in [2.45, 2.75) is 31.9 Å². The minimum atomic E-state index is -0.350. The fourth-order valence-electron chi connectivity index (χ4n) is 3.16. The van der Waals surface area contributed by atoms with E-state index in [1.54, 1.807) is 11.0 Å². The van der Waals surface area contributed by atoms with Gasteiger partial charge in [0, 0.05) is 13.1 Å². The molecule has 0 spiro atoms. The highest BCUT2D eigenvalue weighted by Crippen LogP contribution is 2.33. The van der Waals surface area contributed by atoms with Gasteiger partial charge in [0.15, 0.2) is 0 Å². The minimum Gasteiger partial charge on any atom is -0.392 e. The molecule has 1 amide bonds. The highest BCUT2D eigenvalue weighted by atomic mass is 32.1. The van der Waals surface area contributed by atoms with Crippen molar-refractivity contribution < 1.29 is 9.90 Å². The Morgan fingerprint density at radius 2 is 2.24 bits per heavy atom. The van der Waals surface area contributed by atoms with E-state index in [1.165, 1.54) is 11.3 Å². The van der Waals surface area contributed by atoms with Crippen LogP contribution in [0.2, 0.25) is 0 Å². The van der Waals surface area contributed by atoms with Crippen LogP contribution in [0.25, 0.3) is 0 Å². The zero-order valence-electron chi connectivity index (χ0n) is 12.0. The van der Waals surface area contributed by atoms with Crippen LogP contribution in [0.4, 0.5) is 5.00 Å². The first-order valence-electron chi connectivity index (χ1n) is 7.33. The number of aliphatic hydroxyl groups is 1. The normalized spacial score (nSPS) is 30.6. The second-order valence-electron chi connectivity index (χ2n) is 5.87. The third-order valence-electron chi connectivity index (χ3n) is 4.58. The quantitative estimate of drug-likeness (QED) is 0.897. The van der Waals surface area contributed by atoms with Gasteiger partial charge in [0.25, 0.3) is 0 Å². The van der Waals surface area contributed by atoms with Gasteiger partial charge in [-0.25, -0.2) is 0 Å². The van der Waals surface area contributed by atoms with Crippen molar-refractivity contribution in [2.75, 3.05) is 24.5 Å². The molecule has 2 aliphatic heterocycles. The van der Waals surface area contributed by atoms with Crippen molar-refractivity contribution in [3.8, 4) is 6.07 Å². The molecule has 21 heavy (non-hydrogen) atoms. The van der Waals surface area contributed by atoms with Crippen LogP contribution in [0.5, 0.6) is 0 Å². The van der Waals surface area contributed by atoms with Crippen LogP contribution in [-0.4, -0.2) is 47.7 Å². The molecule has 6 heteroatoms. The maximum Gasteiger partial charge on any atom is 0.245 e. The molecule has 3 unspecified atom stereocenters. The Morgan fingerprint density at radius 3 is 2.95 bits per heavy atom. The van der Waals surface area contributed by atoms with Crippen molar-refractivity contribution in [1.82, 2.24) is 4.90 Å². The number of aliphatic hydroxyl groups excluding tert-OH is 1. The van der Waals surface area contributed by atoms with Crippen molar-refractivity contribution in [2.24, 2.45) is 5.92 Å². The first-order valence-corrected chi connectivity index (χ1v) is 8.21. The van der Waals surface area contributed by atoms with Crippen LogP contribution >= 0.6 is 11.3 Å². The van der Waals surface area contributed by atoms with E-state index < -0.39 is 0 Å². The Morgan fingerprint density at radius 1 is 1.43 bits per heavy atom. The summed E-state index contributed by atoms with van der Waals surface area (Å²) in [5.74, 6) is 0.368. The summed E-state index contributed by atoms with van der Waals surface area (Å²) in [7, 11) is 0. The van der Waals surface area contributed by atoms with Crippen LogP contribution in [0, 0.1) is 17.2 Å². The molecule has 0 aromatic carbocycles. The number of nitrogens with zero attached hydrogens (tertiary/aromatic N) is 3. The van der Waals surface area contributed by atoms with Gasteiger partial charge in [-0.15, -0.1) is 11.3 Å². The van der Waals surface area contributed by atoms with Crippen LogP contribution in [0.15, 0.2) is 11.4 Å². The summed E-state index contributed by atoms with van der Waals surface area (Å²) in [6, 6.07) is 3.75. The number of β-amino-alcohol motifs (C(OH)–C–C–N with tert-alkyl or cyclic N) is 1. The molecule has 0 bridgehead atoms. The fourth-order valence-corrected chi connectivity index (χ4v) is 4.04. The molecule has 1 aromatic heterocycles. The summed E-state index contributed by atoms with van der Waals surface area (Å²) in [6.07, 6.45) is 1.34. The Kier molecular flexibility index (Phi) is 3.98. The molecule has 112 valence electrons. The molecule has 0 saturated carbocycles. The molecular formula is C15H19N3O2S. The van der Waals surface area contributed by atoms with E-state index in [9.17, 15) is 9.90 Å². The van der Waals surface area contributed by atoms with Crippen LogP contribution in [-0.2, 0) is 4.79 Å². The maximum atomic E-state index is 12.7. The second kappa shape index (κ2) is 5.76. The van der Waals surface area contributed by atoms with Gasteiger partial charge in [0.2, 0.25) is 5.91 Å². The predicted molar refractivity (Wildman–Crippen MR) is 81.2 cm³/mol. The molecule has 3 atom stereocenters. The minimum absolute atomic E-state index is 0.0655. The number of carbonyl (C=O) groups is 1. The summed E-state index contributed by atoms with van der Waals surface area (Å²) >= 11 is 1.44. The van der Waals surface area contributed by atoms with E-state index >= 15 is 0 Å². The average molecular weight is 305 g/mol. The lowest BCUT2D eigenvalue weighted by molar-refractivity contribution is -0.123. The van der Waals surface area contributed by atoms with Crippen LogP contribution in [0.3, 0.4) is 0 Å². The van der Waals surface area contributed by atoms with E-state index in [0.717, 1.165) is 24.4 Å². The van der Waals surface area contributed by atoms with Gasteiger partial charge in [0.1, 0.15) is 11.1 Å². The number of hydrogen-bond acceptors (Lipinski definition) is 5. The zero-order valence-corrected chi connectivity index (χ0v) is 12.8. The molecule has 2 fully saturated rings. The highest BCUT2D eigenvalue weighted by Gasteiger charge is 2.40. The fraction of sp³-hybridized carbons (Fsp3) is 0.600. The molecule has 1 aromatic rings. The molecule has 5 nitrogen and oxygen atoms in total. The first-order chi connectivity index (χ1) is 10.1. The van der Waals surface area contributed by atoms with Gasteiger partial charge < -0.3 is 10.0 Å². The summed E-state index contributed by atoms with van der Waals surface area (Å²) in [6.45, 7) is 4.13. The van der Waals surface area contributed by atoms with E-state index in [2.05, 4.69) is 17.9 Å². The number of nitriles is 1. The number of rotatable bonds is 2. The monoisotopic (exact) mass is 305 g/mol. The van der Waals surface area contributed by atoms with Crippen molar-refractivity contribution in [3.63, 3.8) is 0 Å². The van der Waals surface area contributed by atoms with Gasteiger partial charge in [0.05, 0.1) is 17.7 Å². The Labute approximate surface area is 128 Å². The maximum absolute atomic E-state index is 12.7. The van der Waals surface area contributed by atoms with Gasteiger partial charge in [-0.3, -0.25) is 9.69 Å². The van der Waals surface area contributed by atoms with E-state index in [1.807, 2.05) is 5.38 Å². The standard InChI is InChI=1S/C15H19N3O2S/c1-10-2-5-17(9-13(10)19)12-3-6-18(14(12)20)15-11(8-16)4-7-21-15/h4,7,10,12-13,19H,2-3,5-6,9H2,1H3. The molecule has 2 aliphatic rings. The number of hydrogen-bond donors (Lipinski definition) is 1. The Hall–Kier alpha value is -1.42. The summed E-state index contributed by atoms with van der Waals surface area (Å²) < 4.78 is 0. The molecule has 1 N–H and O–H groups in total. The number of piperidine rings is 1. The molecule has 0 aliphatic carbocycles. The molecule has 3 heterocycles. The van der Waals surface area contributed by atoms with Crippen LogP contribution < -0.4 is 4.90 Å². The van der Waals surface area contributed by atoms with Gasteiger partial charge >= 0.3 is 0 Å². The highest BCUT2D eigenvalue weighted by molar-refractivity contribution is 7.14. The van der Waals surface area contributed by atoms with Crippen molar-refractivity contribution >= 4 is 22.2 Å². The largest absolute Gasteiger partial charge is 0.392 e. The van der Waals surface area contributed by atoms with Gasteiger partial charge in [-0.2, -0.15) is 5.26 Å². The van der Waals surface area contributed by atoms with Crippen molar-refractivity contribution in [3.05, 3.63) is 17.0 Å². The summed E-state index contributed by atoms with van der Waals surface area (Å²) in [5.41, 5.74) is 0.571. The second-order valence-corrected chi connectivity index (χ2v) is 6.77. The third-order valence-corrected chi connectivity index (χ3v) is 5.51. The Balaban J connectivity index is 1.74. The smallest absolute Gasteiger partial charge is 0.245 e. The SMILES string of the molecule is CC1CCN(C2CCN(c3sccc3C#N)C2=O)CC1O. The predicted octanol–water partition coefficient (Wildman–Crippen LogP) is 1.43. The number of carbonyl (C=O) groups excluding carboxylic acids is 1. The summed E-state index contributed by atoms with van der Waals surface area (Å²) in [4.78, 5) is 16.5. The number of anilines is 1. The molecular weight excluding hydrogens is 286 g/mol. The molecule has 2 saturated heterocycles. The number of likely N-dealkylation sites (tertiary alicyclic amines) is 1. The topological polar surface area (TPSA) is 67.6 Å². The number of amides is 1. The van der Waals surface area contributed by atoms with Crippen LogP contribution in [0.1, 0.15) is 25.3 Å². The lowest BCUT2D eigenvalue weighted by Crippen LogP contribution is -2.50. The lowest BCUT2D eigenvalue weighted by Gasteiger charge is -2.37. The van der Waals surface area contributed by atoms with Crippen molar-refractivity contribution in [1.29, 1.82) is 5.26 Å². The van der Waals surface area contributed by atoms with E-state index in [4.69, 9.17) is 5.26 Å². The van der Waals surface area contributed by atoms with E-state index in [0.29, 0.717) is 24.6 Å². The number of thiophene rings is 1. The average Bonchev–Trinajstić information content (AvgIpc) is 3.08. The van der Waals surface area contributed by atoms with Gasteiger partial charge in [-0.05, 0) is 36.8 Å². The van der Waals surface area contributed by atoms with E-state index in [-0.39, 0.29) is 18.1 Å². The summed E-state index contributed by atoms with van der Waals surface area (Å²) in [5, 5.41) is 21.7. The van der Waals surface area contributed by atoms with Gasteiger partial charge in [-0.1, -0.05) is 6.92 Å². The Bertz CT molecular complexity index is 580. The zero-order chi connectivity index (χ0) is 15.0. The molecule has 0 radical (unpaired) electrons. The lowest BCUT2D eigenvalue weighted by atomic mass is 9.94. The molecule has 3 rings (SSSR count). The third kappa shape index (κ3) is 2.57. The first kappa shape index (κ1) is 14.5.